The van der Waals surface area contributed by atoms with Gasteiger partial charge in [0.2, 0.25) is 5.91 Å². The minimum Gasteiger partial charge on any atom is -0.365 e. The molecule has 7 nitrogen and oxygen atoms in total. The lowest BCUT2D eigenvalue weighted by atomic mass is 9.79. The number of nitrogens with zero attached hydrogens (tertiary/aromatic N) is 4. The van der Waals surface area contributed by atoms with Crippen LogP contribution in [0.3, 0.4) is 0 Å². The number of rotatable bonds is 3. The fourth-order valence-corrected chi connectivity index (χ4v) is 2.93. The number of amides is 1. The molecule has 0 unspecified atom stereocenters. The van der Waals surface area contributed by atoms with E-state index in [1.165, 1.54) is 6.33 Å². The number of anilines is 1. The van der Waals surface area contributed by atoms with E-state index in [2.05, 4.69) is 46.4 Å². The number of piperidine rings is 1. The number of hydrogen-bond donors (Lipinski definition) is 2. The van der Waals surface area contributed by atoms with Gasteiger partial charge in [0, 0.05) is 30.9 Å². The third-order valence-corrected chi connectivity index (χ3v) is 4.09. The molecule has 3 heterocycles. The van der Waals surface area contributed by atoms with Crippen LogP contribution in [0, 0.1) is 5.41 Å². The largest absolute Gasteiger partial charge is 0.365 e. The second-order valence-electron chi connectivity index (χ2n) is 6.93. The normalized spacial score (nSPS) is 21.8. The summed E-state index contributed by atoms with van der Waals surface area (Å²) in [6, 6.07) is 2.08. The molecule has 2 atom stereocenters. The Morgan fingerprint density at radius 1 is 1.35 bits per heavy atom. The maximum absolute atomic E-state index is 11.8. The van der Waals surface area contributed by atoms with Gasteiger partial charge < -0.3 is 10.6 Å². The number of aromatic nitrogens is 4. The van der Waals surface area contributed by atoms with Crippen molar-refractivity contribution in [3.05, 3.63) is 31.1 Å². The van der Waals surface area contributed by atoms with E-state index in [1.54, 1.807) is 12.5 Å². The third kappa shape index (κ3) is 3.49. The first-order valence-corrected chi connectivity index (χ1v) is 7.80. The summed E-state index contributed by atoms with van der Waals surface area (Å²) < 4.78 is 1.83. The Morgan fingerprint density at radius 2 is 2.17 bits per heavy atom. The van der Waals surface area contributed by atoms with Crippen molar-refractivity contribution in [2.24, 2.45) is 5.41 Å². The van der Waals surface area contributed by atoms with Gasteiger partial charge in [0.05, 0.1) is 6.04 Å². The molecule has 0 aliphatic carbocycles. The quantitative estimate of drug-likeness (QED) is 0.902. The molecular formula is C16H22N6O. The Morgan fingerprint density at radius 3 is 2.87 bits per heavy atom. The van der Waals surface area contributed by atoms with Crippen LogP contribution in [0.25, 0.3) is 5.82 Å². The van der Waals surface area contributed by atoms with Crippen LogP contribution in [-0.4, -0.2) is 37.5 Å². The molecule has 0 bridgehead atoms. The molecule has 23 heavy (non-hydrogen) atoms. The SMILES string of the molecule is CC(C)(C)[C@@H]1NC(=O)CC[C@H]1Nc1cc(-n2ccnc2)ncn1. The van der Waals surface area contributed by atoms with Gasteiger partial charge >= 0.3 is 0 Å². The van der Waals surface area contributed by atoms with Crippen LogP contribution in [0.4, 0.5) is 5.82 Å². The fourth-order valence-electron chi connectivity index (χ4n) is 2.93. The summed E-state index contributed by atoms with van der Waals surface area (Å²) in [4.78, 5) is 24.4. The lowest BCUT2D eigenvalue weighted by molar-refractivity contribution is -0.124. The highest BCUT2D eigenvalue weighted by molar-refractivity contribution is 5.77. The molecule has 1 amide bonds. The summed E-state index contributed by atoms with van der Waals surface area (Å²) in [6.45, 7) is 6.40. The average Bonchev–Trinajstić information content (AvgIpc) is 3.03. The van der Waals surface area contributed by atoms with E-state index in [0.717, 1.165) is 18.1 Å². The molecule has 1 fully saturated rings. The third-order valence-electron chi connectivity index (χ3n) is 4.09. The fraction of sp³-hybridized carbons (Fsp3) is 0.500. The topological polar surface area (TPSA) is 84.7 Å². The highest BCUT2D eigenvalue weighted by atomic mass is 16.1. The molecule has 0 spiro atoms. The first-order chi connectivity index (χ1) is 10.9. The van der Waals surface area contributed by atoms with Crippen LogP contribution >= 0.6 is 0 Å². The van der Waals surface area contributed by atoms with E-state index >= 15 is 0 Å². The molecule has 2 aromatic heterocycles. The van der Waals surface area contributed by atoms with Crippen molar-refractivity contribution in [2.45, 2.75) is 45.7 Å². The van der Waals surface area contributed by atoms with Gasteiger partial charge in [-0.25, -0.2) is 15.0 Å². The first kappa shape index (κ1) is 15.5. The summed E-state index contributed by atoms with van der Waals surface area (Å²) in [6.07, 6.45) is 8.10. The smallest absolute Gasteiger partial charge is 0.220 e. The zero-order valence-corrected chi connectivity index (χ0v) is 13.7. The average molecular weight is 314 g/mol. The molecule has 1 aliphatic rings. The Balaban J connectivity index is 1.80. The van der Waals surface area contributed by atoms with Crippen LogP contribution in [0.15, 0.2) is 31.1 Å². The van der Waals surface area contributed by atoms with Gasteiger partial charge in [-0.15, -0.1) is 0 Å². The predicted octanol–water partition coefficient (Wildman–Crippen LogP) is 1.77. The number of nitrogens with one attached hydrogen (secondary N) is 2. The van der Waals surface area contributed by atoms with E-state index in [-0.39, 0.29) is 23.4 Å². The summed E-state index contributed by atoms with van der Waals surface area (Å²) in [5.41, 5.74) is -0.0338. The molecular weight excluding hydrogens is 292 g/mol. The zero-order chi connectivity index (χ0) is 16.4. The van der Waals surface area contributed by atoms with E-state index in [0.29, 0.717) is 6.42 Å². The minimum absolute atomic E-state index is 0.0338. The Hall–Kier alpha value is -2.44. The number of carbonyl (C=O) groups is 1. The van der Waals surface area contributed by atoms with E-state index in [9.17, 15) is 4.79 Å². The van der Waals surface area contributed by atoms with Crippen molar-refractivity contribution in [3.8, 4) is 5.82 Å². The van der Waals surface area contributed by atoms with Crippen LogP contribution in [0.1, 0.15) is 33.6 Å². The molecule has 2 aromatic rings. The maximum atomic E-state index is 11.8. The van der Waals surface area contributed by atoms with Crippen molar-refractivity contribution in [3.63, 3.8) is 0 Å². The van der Waals surface area contributed by atoms with Gasteiger partial charge in [-0.1, -0.05) is 20.8 Å². The predicted molar refractivity (Wildman–Crippen MR) is 87.2 cm³/mol. The summed E-state index contributed by atoms with van der Waals surface area (Å²) in [5, 5.41) is 6.57. The second kappa shape index (κ2) is 5.98. The van der Waals surface area contributed by atoms with Crippen molar-refractivity contribution in [2.75, 3.05) is 5.32 Å². The number of carbonyl (C=O) groups excluding carboxylic acids is 1. The van der Waals surface area contributed by atoms with Gasteiger partial charge in [0.15, 0.2) is 0 Å². The monoisotopic (exact) mass is 314 g/mol. The lowest BCUT2D eigenvalue weighted by Crippen LogP contribution is -2.57. The van der Waals surface area contributed by atoms with Gasteiger partial charge in [0.1, 0.15) is 24.3 Å². The van der Waals surface area contributed by atoms with Crippen LogP contribution in [0.2, 0.25) is 0 Å². The van der Waals surface area contributed by atoms with E-state index < -0.39 is 0 Å². The summed E-state index contributed by atoms with van der Waals surface area (Å²) in [7, 11) is 0. The Bertz CT molecular complexity index is 676. The van der Waals surface area contributed by atoms with Gasteiger partial charge in [-0.05, 0) is 11.8 Å². The van der Waals surface area contributed by atoms with Crippen molar-refractivity contribution < 1.29 is 4.79 Å². The number of hydrogen-bond acceptors (Lipinski definition) is 5. The second-order valence-corrected chi connectivity index (χ2v) is 6.93. The summed E-state index contributed by atoms with van der Waals surface area (Å²) in [5.74, 6) is 1.62. The standard InChI is InChI=1S/C16H22N6O/c1-16(2,3)15-11(4-5-14(23)21-15)20-12-8-13(19-9-18-12)22-7-6-17-10-22/h6-11,15H,4-5H2,1-3H3,(H,21,23)(H,18,19,20)/t11-,15-/m1/s1. The molecule has 7 heteroatoms. The van der Waals surface area contributed by atoms with Crippen molar-refractivity contribution >= 4 is 11.7 Å². The van der Waals surface area contributed by atoms with Crippen molar-refractivity contribution in [1.29, 1.82) is 0 Å². The highest BCUT2D eigenvalue weighted by Gasteiger charge is 2.36. The van der Waals surface area contributed by atoms with Crippen LogP contribution in [0.5, 0.6) is 0 Å². The minimum atomic E-state index is -0.0338. The van der Waals surface area contributed by atoms with Gasteiger partial charge in [0.25, 0.3) is 0 Å². The van der Waals surface area contributed by atoms with Gasteiger partial charge in [-0.3, -0.25) is 9.36 Å². The molecule has 0 radical (unpaired) electrons. The molecule has 1 saturated heterocycles. The summed E-state index contributed by atoms with van der Waals surface area (Å²) >= 11 is 0. The first-order valence-electron chi connectivity index (χ1n) is 7.80. The number of imidazole rings is 1. The molecule has 1 aliphatic heterocycles. The lowest BCUT2D eigenvalue weighted by Gasteiger charge is -2.41. The van der Waals surface area contributed by atoms with Crippen LogP contribution < -0.4 is 10.6 Å². The Kier molecular flexibility index (Phi) is 4.02. The van der Waals surface area contributed by atoms with Crippen LogP contribution in [-0.2, 0) is 4.79 Å². The molecule has 0 saturated carbocycles. The molecule has 122 valence electrons. The van der Waals surface area contributed by atoms with E-state index in [1.807, 2.05) is 16.8 Å². The zero-order valence-electron chi connectivity index (χ0n) is 13.7. The molecule has 0 aromatic carbocycles. The van der Waals surface area contributed by atoms with E-state index in [4.69, 9.17) is 0 Å². The molecule has 2 N–H and O–H groups in total. The highest BCUT2D eigenvalue weighted by Crippen LogP contribution is 2.28. The Labute approximate surface area is 135 Å². The molecule has 3 rings (SSSR count). The maximum Gasteiger partial charge on any atom is 0.220 e. The van der Waals surface area contributed by atoms with Crippen molar-refractivity contribution in [1.82, 2.24) is 24.8 Å². The van der Waals surface area contributed by atoms with Gasteiger partial charge in [-0.2, -0.15) is 0 Å².